The number of amides is 1. The van der Waals surface area contributed by atoms with Gasteiger partial charge >= 0.3 is 0 Å². The summed E-state index contributed by atoms with van der Waals surface area (Å²) < 4.78 is 1.91. The predicted octanol–water partition coefficient (Wildman–Crippen LogP) is 0.861. The van der Waals surface area contributed by atoms with E-state index in [1.54, 1.807) is 7.05 Å². The lowest BCUT2D eigenvalue weighted by Gasteiger charge is -2.11. The molecule has 0 fully saturated rings. The largest absolute Gasteiger partial charge is 0.358 e. The highest BCUT2D eigenvalue weighted by Gasteiger charge is 2.09. The van der Waals surface area contributed by atoms with Crippen LogP contribution in [0.15, 0.2) is 12.4 Å². The van der Waals surface area contributed by atoms with Gasteiger partial charge in [-0.15, -0.1) is 0 Å². The summed E-state index contributed by atoms with van der Waals surface area (Å²) in [5.74, 6) is -0.0110. The minimum absolute atomic E-state index is 0.0110. The molecule has 1 atom stereocenters. The van der Waals surface area contributed by atoms with E-state index in [-0.39, 0.29) is 11.9 Å². The Balaban J connectivity index is 2.52. The van der Waals surface area contributed by atoms with Crippen molar-refractivity contribution in [2.24, 2.45) is 0 Å². The zero-order chi connectivity index (χ0) is 12.1. The van der Waals surface area contributed by atoms with Gasteiger partial charge < -0.3 is 10.6 Å². The molecule has 0 saturated heterocycles. The van der Waals surface area contributed by atoms with Gasteiger partial charge in [0.15, 0.2) is 0 Å². The topological polar surface area (TPSA) is 59.0 Å². The molecular formula is C11H20N4O. The summed E-state index contributed by atoms with van der Waals surface area (Å²) in [5, 5.41) is 9.97. The number of carbonyl (C=O) groups excluding carboxylic acids is 1. The van der Waals surface area contributed by atoms with Gasteiger partial charge in [0.25, 0.3) is 0 Å². The fourth-order valence-electron chi connectivity index (χ4n) is 1.31. The third-order valence-electron chi connectivity index (χ3n) is 2.50. The summed E-state index contributed by atoms with van der Waals surface area (Å²) >= 11 is 0. The van der Waals surface area contributed by atoms with Gasteiger partial charge in [0.1, 0.15) is 0 Å². The molecule has 0 aromatic carbocycles. The van der Waals surface area contributed by atoms with E-state index < -0.39 is 0 Å². The molecule has 0 saturated carbocycles. The van der Waals surface area contributed by atoms with Crippen LogP contribution in [0.5, 0.6) is 0 Å². The Bertz CT molecular complexity index is 346. The summed E-state index contributed by atoms with van der Waals surface area (Å²) in [6, 6.07) is 0.490. The van der Waals surface area contributed by atoms with E-state index in [0.717, 1.165) is 5.56 Å². The number of hydrogen-bond acceptors (Lipinski definition) is 3. The van der Waals surface area contributed by atoms with Crippen LogP contribution in [-0.2, 0) is 4.79 Å². The van der Waals surface area contributed by atoms with E-state index in [9.17, 15) is 4.79 Å². The van der Waals surface area contributed by atoms with E-state index in [4.69, 9.17) is 0 Å². The standard InChI is InChI=1S/C11H20N4O/c1-8(2)15-7-10(5-14-15)9(3)13-6-11(16)12-4/h5,7-9,13H,6H2,1-4H3,(H,12,16). The smallest absolute Gasteiger partial charge is 0.233 e. The van der Waals surface area contributed by atoms with E-state index >= 15 is 0 Å². The summed E-state index contributed by atoms with van der Waals surface area (Å²) in [6.45, 7) is 6.51. The number of nitrogens with zero attached hydrogens (tertiary/aromatic N) is 2. The summed E-state index contributed by atoms with van der Waals surface area (Å²) in [5.41, 5.74) is 1.10. The first-order valence-electron chi connectivity index (χ1n) is 5.52. The molecule has 16 heavy (non-hydrogen) atoms. The molecule has 0 radical (unpaired) electrons. The molecule has 1 heterocycles. The van der Waals surface area contributed by atoms with Crippen LogP contribution < -0.4 is 10.6 Å². The van der Waals surface area contributed by atoms with Crippen molar-refractivity contribution >= 4 is 5.91 Å². The summed E-state index contributed by atoms with van der Waals surface area (Å²) in [4.78, 5) is 11.1. The van der Waals surface area contributed by atoms with E-state index in [2.05, 4.69) is 29.6 Å². The maximum Gasteiger partial charge on any atom is 0.233 e. The van der Waals surface area contributed by atoms with Gasteiger partial charge in [-0.1, -0.05) is 0 Å². The molecule has 1 unspecified atom stereocenters. The van der Waals surface area contributed by atoms with Gasteiger partial charge in [0.05, 0.1) is 12.7 Å². The lowest BCUT2D eigenvalue weighted by molar-refractivity contribution is -0.119. The van der Waals surface area contributed by atoms with Crippen LogP contribution in [-0.4, -0.2) is 29.3 Å². The fraction of sp³-hybridized carbons (Fsp3) is 0.636. The van der Waals surface area contributed by atoms with Crippen LogP contribution >= 0.6 is 0 Å². The third-order valence-corrected chi connectivity index (χ3v) is 2.50. The molecule has 5 nitrogen and oxygen atoms in total. The van der Waals surface area contributed by atoms with Crippen molar-refractivity contribution < 1.29 is 4.79 Å². The minimum Gasteiger partial charge on any atom is -0.358 e. The van der Waals surface area contributed by atoms with Gasteiger partial charge in [-0.05, 0) is 20.8 Å². The van der Waals surface area contributed by atoms with E-state index in [0.29, 0.717) is 12.6 Å². The number of rotatable bonds is 5. The Morgan fingerprint density at radius 3 is 2.69 bits per heavy atom. The van der Waals surface area contributed by atoms with Crippen LogP contribution in [0.3, 0.4) is 0 Å². The maximum atomic E-state index is 11.1. The predicted molar refractivity (Wildman–Crippen MR) is 63.1 cm³/mol. The number of carbonyl (C=O) groups is 1. The molecule has 0 aliphatic carbocycles. The fourth-order valence-corrected chi connectivity index (χ4v) is 1.31. The maximum absolute atomic E-state index is 11.1. The Morgan fingerprint density at radius 2 is 2.19 bits per heavy atom. The number of nitrogens with one attached hydrogen (secondary N) is 2. The molecule has 0 aliphatic rings. The lowest BCUT2D eigenvalue weighted by Crippen LogP contribution is -2.32. The molecule has 2 N–H and O–H groups in total. The van der Waals surface area contributed by atoms with Crippen LogP contribution in [0.4, 0.5) is 0 Å². The Kier molecular flexibility index (Phi) is 4.49. The zero-order valence-electron chi connectivity index (χ0n) is 10.3. The van der Waals surface area contributed by atoms with Crippen LogP contribution in [0, 0.1) is 0 Å². The van der Waals surface area contributed by atoms with E-state index in [1.807, 2.05) is 24.0 Å². The molecule has 1 rings (SSSR count). The van der Waals surface area contributed by atoms with Gasteiger partial charge in [0.2, 0.25) is 5.91 Å². The van der Waals surface area contributed by atoms with Crippen molar-refractivity contribution in [1.82, 2.24) is 20.4 Å². The van der Waals surface area contributed by atoms with Gasteiger partial charge in [-0.3, -0.25) is 9.48 Å². The normalized spacial score (nSPS) is 12.8. The minimum atomic E-state index is -0.0110. The van der Waals surface area contributed by atoms with Crippen molar-refractivity contribution in [3.8, 4) is 0 Å². The van der Waals surface area contributed by atoms with Crippen LogP contribution in [0.25, 0.3) is 0 Å². The van der Waals surface area contributed by atoms with Gasteiger partial charge in [-0.25, -0.2) is 0 Å². The highest BCUT2D eigenvalue weighted by molar-refractivity contribution is 5.77. The summed E-state index contributed by atoms with van der Waals surface area (Å²) in [7, 11) is 1.63. The second kappa shape index (κ2) is 5.65. The Labute approximate surface area is 96.2 Å². The monoisotopic (exact) mass is 224 g/mol. The van der Waals surface area contributed by atoms with Crippen LogP contribution in [0.1, 0.15) is 38.4 Å². The van der Waals surface area contributed by atoms with E-state index in [1.165, 1.54) is 0 Å². The Morgan fingerprint density at radius 1 is 1.50 bits per heavy atom. The molecule has 0 aliphatic heterocycles. The molecule has 1 aromatic heterocycles. The average Bonchev–Trinajstić information content (AvgIpc) is 2.74. The molecule has 1 amide bonds. The van der Waals surface area contributed by atoms with Crippen molar-refractivity contribution in [3.63, 3.8) is 0 Å². The summed E-state index contributed by atoms with van der Waals surface area (Å²) in [6.07, 6.45) is 3.84. The molecule has 0 spiro atoms. The Hall–Kier alpha value is -1.36. The quantitative estimate of drug-likeness (QED) is 0.780. The average molecular weight is 224 g/mol. The van der Waals surface area contributed by atoms with Crippen LogP contribution in [0.2, 0.25) is 0 Å². The first-order chi connectivity index (χ1) is 7.54. The SMILES string of the molecule is CNC(=O)CNC(C)c1cnn(C(C)C)c1. The number of hydrogen-bond donors (Lipinski definition) is 2. The highest BCUT2D eigenvalue weighted by Crippen LogP contribution is 2.12. The molecule has 5 heteroatoms. The lowest BCUT2D eigenvalue weighted by atomic mass is 10.2. The first-order valence-corrected chi connectivity index (χ1v) is 5.52. The highest BCUT2D eigenvalue weighted by atomic mass is 16.1. The molecule has 0 bridgehead atoms. The molecule has 90 valence electrons. The zero-order valence-corrected chi connectivity index (χ0v) is 10.3. The third kappa shape index (κ3) is 3.34. The van der Waals surface area contributed by atoms with Gasteiger partial charge in [-0.2, -0.15) is 5.10 Å². The second-order valence-electron chi connectivity index (χ2n) is 4.12. The van der Waals surface area contributed by atoms with Gasteiger partial charge in [0, 0.05) is 30.9 Å². The second-order valence-corrected chi connectivity index (χ2v) is 4.12. The first kappa shape index (κ1) is 12.7. The van der Waals surface area contributed by atoms with Crippen molar-refractivity contribution in [2.45, 2.75) is 32.9 Å². The van der Waals surface area contributed by atoms with Crippen molar-refractivity contribution in [3.05, 3.63) is 18.0 Å². The van der Waals surface area contributed by atoms with Crippen molar-refractivity contribution in [2.75, 3.05) is 13.6 Å². The van der Waals surface area contributed by atoms with Crippen molar-refractivity contribution in [1.29, 1.82) is 0 Å². The number of likely N-dealkylation sites (N-methyl/N-ethyl adjacent to an activating group) is 1. The number of aromatic nitrogens is 2. The molecular weight excluding hydrogens is 204 g/mol. The molecule has 1 aromatic rings.